The van der Waals surface area contributed by atoms with E-state index in [4.69, 9.17) is 16.3 Å². The lowest BCUT2D eigenvalue weighted by molar-refractivity contribution is 0.0950. The number of hydrogen-bond acceptors (Lipinski definition) is 3. The Kier molecular flexibility index (Phi) is 3.98. The van der Waals surface area contributed by atoms with E-state index in [1.54, 1.807) is 41.8 Å². The number of ether oxygens (including phenoxy) is 1. The minimum Gasteiger partial charge on any atom is -0.497 e. The summed E-state index contributed by atoms with van der Waals surface area (Å²) in [5.41, 5.74) is 2.03. The number of nitrogens with zero attached hydrogens (tertiary/aromatic N) is 2. The summed E-state index contributed by atoms with van der Waals surface area (Å²) in [6.45, 7) is 0.327. The van der Waals surface area contributed by atoms with Crippen LogP contribution in [0.3, 0.4) is 0 Å². The molecule has 0 aliphatic carbocycles. The number of halogens is 1. The van der Waals surface area contributed by atoms with E-state index in [1.165, 1.54) is 0 Å². The van der Waals surface area contributed by atoms with Crippen LogP contribution in [0.25, 0.3) is 5.65 Å². The molecule has 1 N–H and O–H groups in total. The van der Waals surface area contributed by atoms with Gasteiger partial charge >= 0.3 is 0 Å². The Labute approximate surface area is 132 Å². The van der Waals surface area contributed by atoms with Crippen LogP contribution in [0, 0.1) is 0 Å². The molecule has 0 atom stereocenters. The molecule has 0 fully saturated rings. The van der Waals surface area contributed by atoms with Gasteiger partial charge in [0, 0.05) is 11.8 Å². The number of benzene rings is 1. The van der Waals surface area contributed by atoms with Crippen LogP contribution in [-0.4, -0.2) is 22.4 Å². The van der Waals surface area contributed by atoms with E-state index in [9.17, 15) is 4.79 Å². The van der Waals surface area contributed by atoms with Gasteiger partial charge in [-0.1, -0.05) is 23.7 Å². The Morgan fingerprint density at radius 3 is 2.91 bits per heavy atom. The Hall–Kier alpha value is -2.53. The summed E-state index contributed by atoms with van der Waals surface area (Å²) in [7, 11) is 1.57. The summed E-state index contributed by atoms with van der Waals surface area (Å²) >= 11 is 6.08. The smallest absolute Gasteiger partial charge is 0.251 e. The van der Waals surface area contributed by atoms with Crippen LogP contribution in [0.2, 0.25) is 5.15 Å². The summed E-state index contributed by atoms with van der Waals surface area (Å²) in [4.78, 5) is 16.6. The van der Waals surface area contributed by atoms with Crippen LogP contribution < -0.4 is 10.1 Å². The van der Waals surface area contributed by atoms with Crippen molar-refractivity contribution < 1.29 is 9.53 Å². The fraction of sp³-hybridized carbons (Fsp3) is 0.125. The van der Waals surface area contributed by atoms with Gasteiger partial charge in [-0.2, -0.15) is 0 Å². The first kappa shape index (κ1) is 14.4. The van der Waals surface area contributed by atoms with Crippen molar-refractivity contribution in [2.24, 2.45) is 0 Å². The van der Waals surface area contributed by atoms with E-state index in [1.807, 2.05) is 18.3 Å². The molecule has 0 spiro atoms. The predicted molar refractivity (Wildman–Crippen MR) is 84.4 cm³/mol. The molecule has 22 heavy (non-hydrogen) atoms. The second-order valence-corrected chi connectivity index (χ2v) is 5.11. The summed E-state index contributed by atoms with van der Waals surface area (Å²) in [5.74, 6) is 0.467. The van der Waals surface area contributed by atoms with Gasteiger partial charge < -0.3 is 10.1 Å². The summed E-state index contributed by atoms with van der Waals surface area (Å²) in [6.07, 6.45) is 1.81. The molecule has 1 aromatic carbocycles. The first-order valence-corrected chi connectivity index (χ1v) is 7.10. The standard InChI is InChI=1S/C16H14ClN3O2/c1-22-13-5-2-4-11(8-13)16(21)18-9-12-10-20-14(17)6-3-7-15(20)19-12/h2-8,10H,9H2,1H3,(H,18,21). The van der Waals surface area contributed by atoms with Crippen LogP contribution in [0.15, 0.2) is 48.7 Å². The van der Waals surface area contributed by atoms with Crippen LogP contribution in [-0.2, 0) is 6.54 Å². The molecule has 112 valence electrons. The zero-order chi connectivity index (χ0) is 15.5. The minimum absolute atomic E-state index is 0.179. The first-order chi connectivity index (χ1) is 10.7. The van der Waals surface area contributed by atoms with Gasteiger partial charge in [-0.25, -0.2) is 4.98 Å². The fourth-order valence-electron chi connectivity index (χ4n) is 2.15. The van der Waals surface area contributed by atoms with Gasteiger partial charge in [-0.3, -0.25) is 9.20 Å². The summed E-state index contributed by atoms with van der Waals surface area (Å²) < 4.78 is 6.88. The average Bonchev–Trinajstić information content (AvgIpc) is 2.97. The zero-order valence-electron chi connectivity index (χ0n) is 11.9. The lowest BCUT2D eigenvalue weighted by Crippen LogP contribution is -2.22. The third kappa shape index (κ3) is 2.89. The highest BCUT2D eigenvalue weighted by atomic mass is 35.5. The van der Waals surface area contributed by atoms with Gasteiger partial charge in [-0.15, -0.1) is 0 Å². The van der Waals surface area contributed by atoms with Crippen molar-refractivity contribution in [3.63, 3.8) is 0 Å². The Balaban J connectivity index is 1.73. The molecule has 5 nitrogen and oxygen atoms in total. The highest BCUT2D eigenvalue weighted by Gasteiger charge is 2.08. The second kappa shape index (κ2) is 6.07. The van der Waals surface area contributed by atoms with Gasteiger partial charge in [0.2, 0.25) is 0 Å². The maximum Gasteiger partial charge on any atom is 0.251 e. The van der Waals surface area contributed by atoms with Gasteiger partial charge in [-0.05, 0) is 30.3 Å². The average molecular weight is 316 g/mol. The molecule has 0 unspecified atom stereocenters. The van der Waals surface area contributed by atoms with Crippen molar-refractivity contribution in [1.82, 2.24) is 14.7 Å². The molecule has 6 heteroatoms. The third-order valence-electron chi connectivity index (χ3n) is 3.25. The van der Waals surface area contributed by atoms with Crippen LogP contribution in [0.4, 0.5) is 0 Å². The first-order valence-electron chi connectivity index (χ1n) is 6.72. The number of aromatic nitrogens is 2. The van der Waals surface area contributed by atoms with Gasteiger partial charge in [0.15, 0.2) is 0 Å². The maximum atomic E-state index is 12.1. The highest BCUT2D eigenvalue weighted by Crippen LogP contribution is 2.14. The number of amides is 1. The molecule has 0 saturated carbocycles. The number of imidazole rings is 1. The van der Waals surface area contributed by atoms with Gasteiger partial charge in [0.1, 0.15) is 16.5 Å². The topological polar surface area (TPSA) is 55.6 Å². The third-order valence-corrected chi connectivity index (χ3v) is 3.56. The number of carbonyl (C=O) groups is 1. The number of fused-ring (bicyclic) bond motifs is 1. The molecular formula is C16H14ClN3O2. The number of hydrogen-bond donors (Lipinski definition) is 1. The lowest BCUT2D eigenvalue weighted by Gasteiger charge is -2.05. The highest BCUT2D eigenvalue weighted by molar-refractivity contribution is 6.29. The number of methoxy groups -OCH3 is 1. The molecule has 0 aliphatic heterocycles. The predicted octanol–water partition coefficient (Wildman–Crippen LogP) is 2.93. The monoisotopic (exact) mass is 315 g/mol. The van der Waals surface area contributed by atoms with E-state index in [0.717, 1.165) is 11.3 Å². The van der Waals surface area contributed by atoms with Crippen molar-refractivity contribution in [3.05, 3.63) is 65.1 Å². The van der Waals surface area contributed by atoms with E-state index in [-0.39, 0.29) is 5.91 Å². The Morgan fingerprint density at radius 1 is 1.32 bits per heavy atom. The molecule has 0 aliphatic rings. The SMILES string of the molecule is COc1cccc(C(=O)NCc2cn3c(Cl)cccc3n2)c1. The maximum absolute atomic E-state index is 12.1. The van der Waals surface area contributed by atoms with Crippen molar-refractivity contribution in [1.29, 1.82) is 0 Å². The van der Waals surface area contributed by atoms with Gasteiger partial charge in [0.25, 0.3) is 5.91 Å². The van der Waals surface area contributed by atoms with E-state index < -0.39 is 0 Å². The Bertz CT molecular complexity index is 829. The summed E-state index contributed by atoms with van der Waals surface area (Å²) in [6, 6.07) is 12.5. The van der Waals surface area contributed by atoms with E-state index >= 15 is 0 Å². The second-order valence-electron chi connectivity index (χ2n) is 4.72. The van der Waals surface area contributed by atoms with Crippen LogP contribution >= 0.6 is 11.6 Å². The molecule has 2 aromatic heterocycles. The normalized spacial score (nSPS) is 10.6. The van der Waals surface area contributed by atoms with Crippen LogP contribution in [0.5, 0.6) is 5.75 Å². The molecule has 3 rings (SSSR count). The van der Waals surface area contributed by atoms with Crippen molar-refractivity contribution in [2.75, 3.05) is 7.11 Å². The molecular weight excluding hydrogens is 302 g/mol. The van der Waals surface area contributed by atoms with Crippen LogP contribution in [0.1, 0.15) is 16.1 Å². The molecule has 3 aromatic rings. The van der Waals surface area contributed by atoms with E-state index in [0.29, 0.717) is 23.0 Å². The summed E-state index contributed by atoms with van der Waals surface area (Å²) in [5, 5.41) is 3.41. The number of pyridine rings is 1. The molecule has 1 amide bonds. The van der Waals surface area contributed by atoms with Crippen molar-refractivity contribution in [2.45, 2.75) is 6.54 Å². The fourth-order valence-corrected chi connectivity index (χ4v) is 2.36. The van der Waals surface area contributed by atoms with E-state index in [2.05, 4.69) is 10.3 Å². The lowest BCUT2D eigenvalue weighted by atomic mass is 10.2. The zero-order valence-corrected chi connectivity index (χ0v) is 12.7. The van der Waals surface area contributed by atoms with Gasteiger partial charge in [0.05, 0.1) is 19.3 Å². The number of nitrogens with one attached hydrogen (secondary N) is 1. The largest absolute Gasteiger partial charge is 0.497 e. The number of carbonyl (C=O) groups excluding carboxylic acids is 1. The molecule has 2 heterocycles. The number of rotatable bonds is 4. The molecule has 0 bridgehead atoms. The molecule has 0 saturated heterocycles. The van der Waals surface area contributed by atoms with Crippen molar-refractivity contribution >= 4 is 23.2 Å². The Morgan fingerprint density at radius 2 is 2.14 bits per heavy atom. The van der Waals surface area contributed by atoms with Crippen molar-refractivity contribution in [3.8, 4) is 5.75 Å². The quantitative estimate of drug-likeness (QED) is 0.753. The molecule has 0 radical (unpaired) electrons. The minimum atomic E-state index is -0.179.